The van der Waals surface area contributed by atoms with Crippen molar-refractivity contribution in [1.82, 2.24) is 9.62 Å². The molecule has 2 N–H and O–H groups in total. The van der Waals surface area contributed by atoms with Gasteiger partial charge in [-0.15, -0.1) is 0 Å². The van der Waals surface area contributed by atoms with Crippen molar-refractivity contribution < 1.29 is 31.5 Å². The first-order valence-electron chi connectivity index (χ1n) is 10.1. The average Bonchev–Trinajstić information content (AvgIpc) is 3.08. The van der Waals surface area contributed by atoms with Crippen molar-refractivity contribution in [2.45, 2.75) is 50.1 Å². The van der Waals surface area contributed by atoms with Crippen molar-refractivity contribution in [1.29, 1.82) is 0 Å². The molecule has 1 saturated heterocycles. The highest BCUT2D eigenvalue weighted by Crippen LogP contribution is 2.28. The molecule has 3 rings (SSSR count). The number of alkyl halides is 2. The highest BCUT2D eigenvalue weighted by molar-refractivity contribution is 7.89. The number of benzene rings is 2. The second-order valence-electron chi connectivity index (χ2n) is 8.36. The maximum Gasteiger partial charge on any atom is 0.350 e. The smallest absolute Gasteiger partial charge is 0.350 e. The predicted octanol–water partition coefficient (Wildman–Crippen LogP) is 2.92. The molecule has 0 bridgehead atoms. The van der Waals surface area contributed by atoms with E-state index in [9.17, 15) is 31.5 Å². The number of hydrogen-bond donors (Lipinski definition) is 2. The first-order chi connectivity index (χ1) is 14.9. The summed E-state index contributed by atoms with van der Waals surface area (Å²) in [6.07, 6.45) is 0.281. The maximum absolute atomic E-state index is 13.6. The van der Waals surface area contributed by atoms with Gasteiger partial charge in [0.05, 0.1) is 6.04 Å². The third kappa shape index (κ3) is 5.48. The molecule has 1 fully saturated rings. The van der Waals surface area contributed by atoms with Gasteiger partial charge in [0.25, 0.3) is 15.9 Å². The first-order valence-corrected chi connectivity index (χ1v) is 11.6. The van der Waals surface area contributed by atoms with Gasteiger partial charge in [0.1, 0.15) is 11.4 Å². The summed E-state index contributed by atoms with van der Waals surface area (Å²) in [5, 5.41) is 10.2. The number of carbonyl (C=O) groups is 1. The summed E-state index contributed by atoms with van der Waals surface area (Å²) in [5.74, 6) is -4.62. The largest absolute Gasteiger partial charge is 0.381 e. The lowest BCUT2D eigenvalue weighted by Crippen LogP contribution is -2.53. The number of hydrogen-bond acceptors (Lipinski definition) is 4. The average molecular weight is 471 g/mol. The summed E-state index contributed by atoms with van der Waals surface area (Å²) < 4.78 is 65.1. The van der Waals surface area contributed by atoms with E-state index >= 15 is 0 Å². The van der Waals surface area contributed by atoms with E-state index in [0.29, 0.717) is 16.7 Å². The zero-order valence-corrected chi connectivity index (χ0v) is 18.4. The monoisotopic (exact) mass is 470 g/mol. The number of rotatable bonds is 7. The molecule has 1 amide bonds. The summed E-state index contributed by atoms with van der Waals surface area (Å²) in [6, 6.07) is 11.3. The summed E-state index contributed by atoms with van der Waals surface area (Å²) in [6.45, 7) is 2.73. The quantitative estimate of drug-likeness (QED) is 0.652. The molecule has 0 unspecified atom stereocenters. The third-order valence-electron chi connectivity index (χ3n) is 5.41. The molecule has 2 atom stereocenters. The van der Waals surface area contributed by atoms with Gasteiger partial charge in [-0.25, -0.2) is 17.5 Å². The molecule has 0 aromatic heterocycles. The highest BCUT2D eigenvalue weighted by Gasteiger charge is 2.43. The molecule has 1 heterocycles. The van der Waals surface area contributed by atoms with Gasteiger partial charge in [-0.3, -0.25) is 4.79 Å². The molecule has 0 saturated carbocycles. The Labute approximate surface area is 185 Å². The second-order valence-corrected chi connectivity index (χ2v) is 10.0. The number of nitrogens with zero attached hydrogens (tertiary/aromatic N) is 1. The molecule has 2 aromatic rings. The van der Waals surface area contributed by atoms with Crippen LogP contribution in [0.1, 0.15) is 25.8 Å². The number of carbonyl (C=O) groups excluding carboxylic acids is 1. The molecule has 10 heteroatoms. The maximum atomic E-state index is 13.6. The number of nitrogens with one attached hydrogen (secondary N) is 1. The summed E-state index contributed by atoms with van der Waals surface area (Å²) >= 11 is 0. The molecule has 0 aliphatic carbocycles. The molecule has 1 aliphatic rings. The lowest BCUT2D eigenvalue weighted by Gasteiger charge is -2.32. The van der Waals surface area contributed by atoms with Gasteiger partial charge in [-0.1, -0.05) is 36.4 Å². The van der Waals surface area contributed by atoms with E-state index in [1.165, 1.54) is 30.9 Å². The van der Waals surface area contributed by atoms with Crippen molar-refractivity contribution in [3.8, 4) is 11.1 Å². The van der Waals surface area contributed by atoms with E-state index in [1.54, 1.807) is 36.4 Å². The lowest BCUT2D eigenvalue weighted by molar-refractivity contribution is -0.148. The Balaban J connectivity index is 1.92. The summed E-state index contributed by atoms with van der Waals surface area (Å²) in [7, 11) is -4.87. The van der Waals surface area contributed by atoms with Gasteiger partial charge < -0.3 is 10.0 Å². The molecule has 1 aliphatic heterocycles. The molecule has 174 valence electrons. The van der Waals surface area contributed by atoms with Gasteiger partial charge in [0.2, 0.25) is 0 Å². The van der Waals surface area contributed by atoms with Crippen LogP contribution in [0.4, 0.5) is 13.2 Å². The molecule has 32 heavy (non-hydrogen) atoms. The van der Waals surface area contributed by atoms with E-state index in [2.05, 4.69) is 0 Å². The van der Waals surface area contributed by atoms with Gasteiger partial charge in [0, 0.05) is 12.6 Å². The first kappa shape index (κ1) is 24.2. The van der Waals surface area contributed by atoms with E-state index in [0.717, 1.165) is 0 Å². The van der Waals surface area contributed by atoms with Crippen molar-refractivity contribution in [2.24, 2.45) is 0 Å². The fourth-order valence-corrected chi connectivity index (χ4v) is 4.70. The van der Waals surface area contributed by atoms with Crippen LogP contribution in [0.2, 0.25) is 0 Å². The van der Waals surface area contributed by atoms with Crippen LogP contribution in [0.5, 0.6) is 0 Å². The minimum atomic E-state index is -4.87. The Morgan fingerprint density at radius 3 is 2.41 bits per heavy atom. The predicted molar refractivity (Wildman–Crippen MR) is 114 cm³/mol. The van der Waals surface area contributed by atoms with Crippen LogP contribution in [0, 0.1) is 5.82 Å². The van der Waals surface area contributed by atoms with E-state index in [-0.39, 0.29) is 19.4 Å². The Hall–Kier alpha value is -2.43. The van der Waals surface area contributed by atoms with Crippen molar-refractivity contribution in [2.75, 3.05) is 6.54 Å². The zero-order valence-electron chi connectivity index (χ0n) is 17.6. The molecule has 0 spiro atoms. The molecule has 6 nitrogen and oxygen atoms in total. The van der Waals surface area contributed by atoms with Crippen LogP contribution in [0.15, 0.2) is 48.5 Å². The molecule has 0 radical (unpaired) electrons. The van der Waals surface area contributed by atoms with Crippen molar-refractivity contribution in [3.05, 3.63) is 59.9 Å². The Morgan fingerprint density at radius 2 is 1.81 bits per heavy atom. The van der Waals surface area contributed by atoms with Crippen molar-refractivity contribution in [3.63, 3.8) is 0 Å². The Bertz CT molecular complexity index is 1090. The summed E-state index contributed by atoms with van der Waals surface area (Å²) in [5.41, 5.74) is 0.342. The molecule has 2 aromatic carbocycles. The van der Waals surface area contributed by atoms with E-state index in [4.69, 9.17) is 0 Å². The minimum Gasteiger partial charge on any atom is -0.381 e. The number of amides is 1. The number of likely N-dealkylation sites (tertiary alicyclic amines) is 1. The Morgan fingerprint density at radius 1 is 1.19 bits per heavy atom. The van der Waals surface area contributed by atoms with Crippen molar-refractivity contribution >= 4 is 15.9 Å². The number of halogens is 3. The van der Waals surface area contributed by atoms with Crippen LogP contribution in [0.3, 0.4) is 0 Å². The fraction of sp³-hybridized carbons (Fsp3) is 0.409. The Kier molecular flexibility index (Phi) is 6.97. The van der Waals surface area contributed by atoms with E-state index < -0.39 is 45.2 Å². The summed E-state index contributed by atoms with van der Waals surface area (Å²) in [4.78, 5) is 14.1. The highest BCUT2D eigenvalue weighted by atomic mass is 32.2. The van der Waals surface area contributed by atoms with Gasteiger partial charge in [0.15, 0.2) is 0 Å². The molecular weight excluding hydrogens is 445 g/mol. The van der Waals surface area contributed by atoms with Crippen LogP contribution in [-0.4, -0.2) is 54.3 Å². The van der Waals surface area contributed by atoms with Crippen LogP contribution in [0.25, 0.3) is 11.1 Å². The second kappa shape index (κ2) is 9.21. The number of sulfonamides is 1. The molecular formula is C22H25F3N2O4S. The lowest BCUT2D eigenvalue weighted by atomic mass is 9.96. The van der Waals surface area contributed by atoms with E-state index in [1.807, 2.05) is 4.72 Å². The zero-order chi connectivity index (χ0) is 23.7. The van der Waals surface area contributed by atoms with Gasteiger partial charge in [-0.05, 0) is 55.5 Å². The normalized spacial score (nSPS) is 19.5. The fourth-order valence-electron chi connectivity index (χ4n) is 3.90. The third-order valence-corrected chi connectivity index (χ3v) is 6.51. The van der Waals surface area contributed by atoms with Crippen LogP contribution >= 0.6 is 0 Å². The van der Waals surface area contributed by atoms with Gasteiger partial charge >= 0.3 is 5.76 Å². The standard InChI is InChI=1S/C22H25F3N2O4S/c1-22(2,29)20(28)27-10-9-18(26-32(30,31)21(24)25)19(27)12-14-5-3-6-15(11-14)16-7-4-8-17(23)13-16/h3-8,11,13,18-19,21,26,29H,9-10,12H2,1-2H3/t18-,19-/m0/s1. The number of aliphatic hydroxyl groups is 1. The topological polar surface area (TPSA) is 86.7 Å². The SMILES string of the molecule is CC(C)(O)C(=O)N1CC[C@H](NS(=O)(=O)C(F)F)[C@@H]1Cc1cccc(-c2cccc(F)c2)c1. The van der Waals surface area contributed by atoms with Crippen LogP contribution in [-0.2, 0) is 21.2 Å². The minimum absolute atomic E-state index is 0.105. The van der Waals surface area contributed by atoms with Gasteiger partial charge in [-0.2, -0.15) is 8.78 Å². The van der Waals surface area contributed by atoms with Crippen LogP contribution < -0.4 is 4.72 Å².